The van der Waals surface area contributed by atoms with E-state index in [-0.39, 0.29) is 5.41 Å². The van der Waals surface area contributed by atoms with Crippen LogP contribution in [0.1, 0.15) is 31.7 Å². The molecular weight excluding hydrogens is 436 g/mol. The molecule has 0 spiro atoms. The van der Waals surface area contributed by atoms with Crippen LogP contribution in [0.3, 0.4) is 0 Å². The summed E-state index contributed by atoms with van der Waals surface area (Å²) in [7, 11) is 0. The number of hydrogen-bond acceptors (Lipinski definition) is 1. The van der Waals surface area contributed by atoms with Gasteiger partial charge in [0.05, 0.1) is 12.2 Å². The van der Waals surface area contributed by atoms with E-state index in [0.29, 0.717) is 12.2 Å². The predicted octanol–water partition coefficient (Wildman–Crippen LogP) is 5.43. The summed E-state index contributed by atoms with van der Waals surface area (Å²) < 4.78 is 7.14. The lowest BCUT2D eigenvalue weighted by Gasteiger charge is -2.33. The molecule has 0 radical (unpaired) electrons. The number of rotatable bonds is 5. The van der Waals surface area contributed by atoms with Crippen molar-refractivity contribution in [2.24, 2.45) is 0 Å². The smallest absolute Gasteiger partial charge is 0.0588 e. The lowest BCUT2D eigenvalue weighted by molar-refractivity contribution is 0.0405. The quantitative estimate of drug-likeness (QED) is 0.539. The first-order valence-corrected chi connectivity index (χ1v) is 9.66. The van der Waals surface area contributed by atoms with Crippen LogP contribution < -0.4 is 0 Å². The minimum Gasteiger partial charge on any atom is -0.375 e. The van der Waals surface area contributed by atoms with E-state index in [0.717, 1.165) is 21.6 Å². The van der Waals surface area contributed by atoms with E-state index in [1.807, 2.05) is 0 Å². The third-order valence-electron chi connectivity index (χ3n) is 3.91. The molecular formula is C15H19Br3O. The summed E-state index contributed by atoms with van der Waals surface area (Å²) in [4.78, 5) is 0. The van der Waals surface area contributed by atoms with E-state index < -0.39 is 0 Å². The molecule has 2 atom stereocenters. The first-order valence-electron chi connectivity index (χ1n) is 6.63. The van der Waals surface area contributed by atoms with Gasteiger partial charge in [-0.25, -0.2) is 0 Å². The van der Waals surface area contributed by atoms with Gasteiger partial charge in [0.25, 0.3) is 0 Å². The van der Waals surface area contributed by atoms with Crippen molar-refractivity contribution in [3.63, 3.8) is 0 Å². The van der Waals surface area contributed by atoms with E-state index >= 15 is 0 Å². The van der Waals surface area contributed by atoms with Crippen molar-refractivity contribution in [3.05, 3.63) is 34.3 Å². The Kier molecular flexibility index (Phi) is 5.94. The van der Waals surface area contributed by atoms with Crippen molar-refractivity contribution in [2.75, 3.05) is 10.7 Å². The SMILES string of the molecule is CC1CCC(CC(CBr)(CBr)c2ccc(Br)cc2)O1. The monoisotopic (exact) mass is 452 g/mol. The number of halogens is 3. The summed E-state index contributed by atoms with van der Waals surface area (Å²) in [5, 5.41) is 1.89. The van der Waals surface area contributed by atoms with E-state index in [2.05, 4.69) is 79.0 Å². The lowest BCUT2D eigenvalue weighted by Crippen LogP contribution is -2.34. The minimum atomic E-state index is 0.107. The Morgan fingerprint density at radius 1 is 1.16 bits per heavy atom. The highest BCUT2D eigenvalue weighted by molar-refractivity contribution is 9.10. The Balaban J connectivity index is 2.19. The first kappa shape index (κ1) is 16.0. The molecule has 1 aliphatic rings. The molecule has 0 amide bonds. The van der Waals surface area contributed by atoms with Gasteiger partial charge in [0.2, 0.25) is 0 Å². The molecule has 106 valence electrons. The van der Waals surface area contributed by atoms with Gasteiger partial charge in [0.15, 0.2) is 0 Å². The van der Waals surface area contributed by atoms with Gasteiger partial charge in [0.1, 0.15) is 0 Å². The number of benzene rings is 1. The van der Waals surface area contributed by atoms with Gasteiger partial charge in [-0.05, 0) is 43.9 Å². The molecule has 19 heavy (non-hydrogen) atoms. The minimum absolute atomic E-state index is 0.107. The van der Waals surface area contributed by atoms with Gasteiger partial charge in [-0.1, -0.05) is 59.9 Å². The Morgan fingerprint density at radius 3 is 2.26 bits per heavy atom. The predicted molar refractivity (Wildman–Crippen MR) is 91.6 cm³/mol. The van der Waals surface area contributed by atoms with Crippen LogP contribution >= 0.6 is 47.8 Å². The van der Waals surface area contributed by atoms with Gasteiger partial charge in [-0.2, -0.15) is 0 Å². The van der Waals surface area contributed by atoms with Gasteiger partial charge in [-0.15, -0.1) is 0 Å². The van der Waals surface area contributed by atoms with Crippen LogP contribution in [0.4, 0.5) is 0 Å². The maximum Gasteiger partial charge on any atom is 0.0588 e. The van der Waals surface area contributed by atoms with Crippen LogP contribution in [0.15, 0.2) is 28.7 Å². The van der Waals surface area contributed by atoms with Crippen LogP contribution in [0.5, 0.6) is 0 Å². The molecule has 1 heterocycles. The second-order valence-corrected chi connectivity index (χ2v) is 7.44. The van der Waals surface area contributed by atoms with Gasteiger partial charge >= 0.3 is 0 Å². The molecule has 2 unspecified atom stereocenters. The molecule has 1 aromatic rings. The summed E-state index contributed by atoms with van der Waals surface area (Å²) in [5.41, 5.74) is 1.47. The van der Waals surface area contributed by atoms with Crippen LogP contribution in [0, 0.1) is 0 Å². The highest BCUT2D eigenvalue weighted by atomic mass is 79.9. The first-order chi connectivity index (χ1) is 9.09. The van der Waals surface area contributed by atoms with Crippen LogP contribution in [0.2, 0.25) is 0 Å². The van der Waals surface area contributed by atoms with Gasteiger partial charge < -0.3 is 4.74 Å². The van der Waals surface area contributed by atoms with Crippen molar-refractivity contribution >= 4 is 47.8 Å². The standard InChI is InChI=1S/C15H19Br3O/c1-11-2-7-14(19-11)8-15(9-16,10-17)12-3-5-13(18)6-4-12/h3-6,11,14H,2,7-10H2,1H3. The molecule has 0 bridgehead atoms. The maximum atomic E-state index is 6.01. The highest BCUT2D eigenvalue weighted by Crippen LogP contribution is 2.38. The van der Waals surface area contributed by atoms with E-state index in [1.165, 1.54) is 18.4 Å². The Morgan fingerprint density at radius 2 is 1.79 bits per heavy atom. The molecule has 0 saturated carbocycles. The molecule has 0 aliphatic carbocycles. The topological polar surface area (TPSA) is 9.23 Å². The van der Waals surface area contributed by atoms with Gasteiger partial charge in [0, 0.05) is 20.5 Å². The normalized spacial score (nSPS) is 23.8. The molecule has 1 fully saturated rings. The van der Waals surface area contributed by atoms with Crippen molar-refractivity contribution in [1.82, 2.24) is 0 Å². The summed E-state index contributed by atoms with van der Waals surface area (Å²) >= 11 is 10.9. The van der Waals surface area contributed by atoms with E-state index in [1.54, 1.807) is 0 Å². The molecule has 0 N–H and O–H groups in total. The van der Waals surface area contributed by atoms with E-state index in [9.17, 15) is 0 Å². The molecule has 1 aromatic carbocycles. The summed E-state index contributed by atoms with van der Waals surface area (Å²) in [5.74, 6) is 0. The molecule has 4 heteroatoms. The van der Waals surface area contributed by atoms with E-state index in [4.69, 9.17) is 4.74 Å². The third-order valence-corrected chi connectivity index (χ3v) is 6.58. The largest absolute Gasteiger partial charge is 0.375 e. The zero-order valence-electron chi connectivity index (χ0n) is 11.0. The Hall–Kier alpha value is 0.620. The summed E-state index contributed by atoms with van der Waals surface area (Å²) in [6, 6.07) is 8.66. The molecule has 0 aromatic heterocycles. The maximum absolute atomic E-state index is 6.01. The fraction of sp³-hybridized carbons (Fsp3) is 0.600. The molecule has 2 rings (SSSR count). The summed E-state index contributed by atoms with van der Waals surface area (Å²) in [6.07, 6.45) is 4.23. The average Bonchev–Trinajstić information content (AvgIpc) is 2.82. The molecule has 1 saturated heterocycles. The Labute approximate surface area is 140 Å². The lowest BCUT2D eigenvalue weighted by atomic mass is 9.79. The van der Waals surface area contributed by atoms with Gasteiger partial charge in [-0.3, -0.25) is 0 Å². The average molecular weight is 455 g/mol. The number of alkyl halides is 2. The molecule has 1 nitrogen and oxygen atoms in total. The van der Waals surface area contributed by atoms with Crippen LogP contribution in [-0.4, -0.2) is 22.9 Å². The summed E-state index contributed by atoms with van der Waals surface area (Å²) in [6.45, 7) is 2.17. The van der Waals surface area contributed by atoms with Crippen molar-refractivity contribution < 1.29 is 4.74 Å². The molecule has 1 aliphatic heterocycles. The zero-order chi connectivity index (χ0) is 13.9. The van der Waals surface area contributed by atoms with Crippen molar-refractivity contribution in [2.45, 2.75) is 43.8 Å². The van der Waals surface area contributed by atoms with Crippen LogP contribution in [0.25, 0.3) is 0 Å². The number of ether oxygens (including phenoxy) is 1. The number of hydrogen-bond donors (Lipinski definition) is 0. The second kappa shape index (κ2) is 7.06. The highest BCUT2D eigenvalue weighted by Gasteiger charge is 2.35. The van der Waals surface area contributed by atoms with Crippen LogP contribution in [-0.2, 0) is 10.2 Å². The second-order valence-electron chi connectivity index (χ2n) is 5.40. The van der Waals surface area contributed by atoms with Crippen molar-refractivity contribution in [3.8, 4) is 0 Å². The zero-order valence-corrected chi connectivity index (χ0v) is 15.8. The Bertz CT molecular complexity index is 400. The fourth-order valence-corrected chi connectivity index (χ4v) is 4.99. The van der Waals surface area contributed by atoms with Crippen molar-refractivity contribution in [1.29, 1.82) is 0 Å². The fourth-order valence-electron chi connectivity index (χ4n) is 2.69. The third kappa shape index (κ3) is 3.84.